The maximum atomic E-state index is 12.4. The zero-order valence-electron chi connectivity index (χ0n) is 17.9. The van der Waals surface area contributed by atoms with Crippen molar-refractivity contribution >= 4 is 39.3 Å². The van der Waals surface area contributed by atoms with Crippen LogP contribution in [0.5, 0.6) is 0 Å². The Balaban J connectivity index is 1.35. The van der Waals surface area contributed by atoms with Crippen molar-refractivity contribution in [1.82, 2.24) is 4.72 Å². The molecule has 0 fully saturated rings. The van der Waals surface area contributed by atoms with Crippen molar-refractivity contribution in [2.75, 3.05) is 16.8 Å². The summed E-state index contributed by atoms with van der Waals surface area (Å²) in [6.07, 6.45) is 5.22. The maximum Gasteiger partial charge on any atom is 0.248 e. The van der Waals surface area contributed by atoms with E-state index in [0.29, 0.717) is 23.6 Å². The first-order valence-corrected chi connectivity index (χ1v) is 11.8. The van der Waals surface area contributed by atoms with E-state index in [0.717, 1.165) is 17.7 Å². The minimum Gasteiger partial charge on any atom is -0.468 e. The van der Waals surface area contributed by atoms with Gasteiger partial charge in [-0.1, -0.05) is 12.1 Å². The van der Waals surface area contributed by atoms with Gasteiger partial charge < -0.3 is 14.6 Å². The molecule has 0 unspecified atom stereocenters. The van der Waals surface area contributed by atoms with Crippen LogP contribution >= 0.6 is 0 Å². The Morgan fingerprint density at radius 2 is 1.91 bits per heavy atom. The van der Waals surface area contributed by atoms with Crippen LogP contribution in [0.3, 0.4) is 0 Å². The van der Waals surface area contributed by atoms with E-state index >= 15 is 0 Å². The lowest BCUT2D eigenvalue weighted by Gasteiger charge is -2.14. The number of furan rings is 1. The summed E-state index contributed by atoms with van der Waals surface area (Å²) in [5.41, 5.74) is 3.23. The smallest absolute Gasteiger partial charge is 0.248 e. The van der Waals surface area contributed by atoms with Gasteiger partial charge in [-0.05, 0) is 66.1 Å². The number of rotatable bonds is 7. The molecule has 2 aromatic carbocycles. The number of carbonyl (C=O) groups is 2. The third-order valence-corrected chi connectivity index (χ3v) is 6.67. The number of nitrogens with zero attached hydrogens (tertiary/aromatic N) is 1. The van der Waals surface area contributed by atoms with Gasteiger partial charge in [0.05, 0.1) is 17.7 Å². The quantitative estimate of drug-likeness (QED) is 0.521. The summed E-state index contributed by atoms with van der Waals surface area (Å²) < 4.78 is 32.4. The summed E-state index contributed by atoms with van der Waals surface area (Å²) in [5, 5.41) is 2.81. The predicted octanol–water partition coefficient (Wildman–Crippen LogP) is 3.32. The van der Waals surface area contributed by atoms with E-state index in [4.69, 9.17) is 4.42 Å². The van der Waals surface area contributed by atoms with Crippen LogP contribution in [0.15, 0.2) is 76.2 Å². The van der Waals surface area contributed by atoms with E-state index in [1.165, 1.54) is 31.4 Å². The van der Waals surface area contributed by atoms with Crippen LogP contribution in [0.1, 0.15) is 23.8 Å². The van der Waals surface area contributed by atoms with E-state index < -0.39 is 10.0 Å². The van der Waals surface area contributed by atoms with Gasteiger partial charge in [0, 0.05) is 30.9 Å². The van der Waals surface area contributed by atoms with Crippen LogP contribution in [0.2, 0.25) is 0 Å². The lowest BCUT2D eigenvalue weighted by Crippen LogP contribution is -2.25. The van der Waals surface area contributed by atoms with Crippen molar-refractivity contribution in [3.8, 4) is 0 Å². The zero-order chi connectivity index (χ0) is 23.4. The predicted molar refractivity (Wildman–Crippen MR) is 125 cm³/mol. The third kappa shape index (κ3) is 5.39. The largest absolute Gasteiger partial charge is 0.468 e. The monoisotopic (exact) mass is 465 g/mol. The fourth-order valence-electron chi connectivity index (χ4n) is 3.58. The molecule has 8 nitrogen and oxygen atoms in total. The van der Waals surface area contributed by atoms with E-state index in [1.54, 1.807) is 41.3 Å². The number of sulfonamides is 1. The molecule has 1 aromatic heterocycles. The summed E-state index contributed by atoms with van der Waals surface area (Å²) in [7, 11) is -3.68. The van der Waals surface area contributed by atoms with Gasteiger partial charge in [-0.3, -0.25) is 9.59 Å². The molecule has 9 heteroatoms. The lowest BCUT2D eigenvalue weighted by atomic mass is 10.1. The lowest BCUT2D eigenvalue weighted by molar-refractivity contribution is -0.116. The Morgan fingerprint density at radius 1 is 1.12 bits per heavy atom. The number of nitrogens with one attached hydrogen (secondary N) is 2. The molecule has 0 saturated carbocycles. The number of carbonyl (C=O) groups excluding carboxylic acids is 2. The van der Waals surface area contributed by atoms with E-state index in [-0.39, 0.29) is 23.3 Å². The highest BCUT2D eigenvalue weighted by molar-refractivity contribution is 7.89. The Morgan fingerprint density at radius 3 is 2.61 bits per heavy atom. The van der Waals surface area contributed by atoms with Gasteiger partial charge in [-0.2, -0.15) is 0 Å². The first-order valence-electron chi connectivity index (χ1n) is 10.3. The average molecular weight is 466 g/mol. The van der Waals surface area contributed by atoms with Crippen molar-refractivity contribution in [2.24, 2.45) is 0 Å². The van der Waals surface area contributed by atoms with Crippen LogP contribution in [-0.2, 0) is 32.6 Å². The second-order valence-corrected chi connectivity index (χ2v) is 9.33. The molecule has 2 heterocycles. The zero-order valence-corrected chi connectivity index (χ0v) is 18.8. The number of hydrogen-bond donors (Lipinski definition) is 2. The highest BCUT2D eigenvalue weighted by Gasteiger charge is 2.22. The van der Waals surface area contributed by atoms with Gasteiger partial charge in [0.25, 0.3) is 0 Å². The molecule has 0 radical (unpaired) electrons. The maximum absolute atomic E-state index is 12.4. The van der Waals surface area contributed by atoms with Gasteiger partial charge in [0.2, 0.25) is 21.8 Å². The topological polar surface area (TPSA) is 109 Å². The number of anilines is 2. The van der Waals surface area contributed by atoms with Crippen LogP contribution < -0.4 is 14.9 Å². The Kier molecular flexibility index (Phi) is 6.43. The minimum absolute atomic E-state index is 0.000548. The number of amides is 2. The summed E-state index contributed by atoms with van der Waals surface area (Å²) in [6.45, 7) is 2.24. The Bertz CT molecular complexity index is 1300. The summed E-state index contributed by atoms with van der Waals surface area (Å²) in [5.74, 6) is 0.206. The number of benzene rings is 2. The molecule has 0 spiro atoms. The first-order chi connectivity index (χ1) is 15.8. The summed E-state index contributed by atoms with van der Waals surface area (Å²) >= 11 is 0. The molecule has 0 atom stereocenters. The fourth-order valence-corrected chi connectivity index (χ4v) is 4.58. The standard InChI is InChI=1S/C24H23N3O5S/c1-17(28)27-13-12-19-15-20(7-10-23(19)27)26-24(29)11-6-18-4-8-22(9-5-18)33(30,31)25-16-21-3-2-14-32-21/h2-11,14-15,25H,12-13,16H2,1H3,(H,26,29)/b11-6+. The molecule has 2 N–H and O–H groups in total. The Hall–Kier alpha value is -3.69. The van der Waals surface area contributed by atoms with Crippen LogP contribution in [0, 0.1) is 0 Å². The number of hydrogen-bond acceptors (Lipinski definition) is 5. The number of fused-ring (bicyclic) bond motifs is 1. The van der Waals surface area contributed by atoms with Crippen molar-refractivity contribution in [3.05, 3.63) is 83.8 Å². The molecule has 0 bridgehead atoms. The van der Waals surface area contributed by atoms with Crippen LogP contribution in [0.25, 0.3) is 6.08 Å². The SMILES string of the molecule is CC(=O)N1CCc2cc(NC(=O)/C=C/c3ccc(S(=O)(=O)NCc4ccco4)cc3)ccc21. The van der Waals surface area contributed by atoms with Crippen molar-refractivity contribution in [1.29, 1.82) is 0 Å². The fraction of sp³-hybridized carbons (Fsp3) is 0.167. The highest BCUT2D eigenvalue weighted by Crippen LogP contribution is 2.30. The van der Waals surface area contributed by atoms with Crippen molar-refractivity contribution in [2.45, 2.75) is 24.8 Å². The molecular weight excluding hydrogens is 442 g/mol. The first kappa shape index (κ1) is 22.5. The highest BCUT2D eigenvalue weighted by atomic mass is 32.2. The second kappa shape index (κ2) is 9.43. The molecule has 3 aromatic rings. The average Bonchev–Trinajstić information content (AvgIpc) is 3.46. The molecule has 2 amide bonds. The van der Waals surface area contributed by atoms with Crippen LogP contribution in [-0.4, -0.2) is 26.8 Å². The van der Waals surface area contributed by atoms with Gasteiger partial charge in [0.15, 0.2) is 0 Å². The summed E-state index contributed by atoms with van der Waals surface area (Å²) in [4.78, 5) is 25.8. The van der Waals surface area contributed by atoms with Crippen LogP contribution in [0.4, 0.5) is 11.4 Å². The van der Waals surface area contributed by atoms with Gasteiger partial charge >= 0.3 is 0 Å². The second-order valence-electron chi connectivity index (χ2n) is 7.56. The molecule has 1 aliphatic heterocycles. The Labute approximate surface area is 192 Å². The minimum atomic E-state index is -3.68. The molecule has 33 heavy (non-hydrogen) atoms. The summed E-state index contributed by atoms with van der Waals surface area (Å²) in [6, 6.07) is 15.0. The van der Waals surface area contributed by atoms with Gasteiger partial charge in [-0.15, -0.1) is 0 Å². The molecule has 0 saturated heterocycles. The van der Waals surface area contributed by atoms with E-state index in [1.807, 2.05) is 12.1 Å². The normalized spacial score (nSPS) is 13.3. The van der Waals surface area contributed by atoms with Crippen molar-refractivity contribution < 1.29 is 22.4 Å². The molecular formula is C24H23N3O5S. The van der Waals surface area contributed by atoms with Gasteiger partial charge in [-0.25, -0.2) is 13.1 Å². The molecule has 170 valence electrons. The van der Waals surface area contributed by atoms with Gasteiger partial charge in [0.1, 0.15) is 5.76 Å². The van der Waals surface area contributed by atoms with E-state index in [9.17, 15) is 18.0 Å². The molecule has 4 rings (SSSR count). The third-order valence-electron chi connectivity index (χ3n) is 5.26. The molecule has 1 aliphatic rings. The molecule has 0 aliphatic carbocycles. The van der Waals surface area contributed by atoms with E-state index in [2.05, 4.69) is 10.0 Å². The van der Waals surface area contributed by atoms with Crippen molar-refractivity contribution in [3.63, 3.8) is 0 Å².